The molecule has 2 aliphatic heterocycles. The van der Waals surface area contributed by atoms with Crippen LogP contribution < -0.4 is 15.8 Å². The first-order valence-electron chi connectivity index (χ1n) is 18.0. The number of anilines is 3. The van der Waals surface area contributed by atoms with Crippen LogP contribution in [-0.2, 0) is 0 Å². The van der Waals surface area contributed by atoms with Crippen molar-refractivity contribution in [1.82, 2.24) is 4.48 Å². The molecule has 2 aliphatic rings. The number of aromatic nitrogens is 1. The molecule has 240 valence electrons. The maximum absolute atomic E-state index is 6.79. The van der Waals surface area contributed by atoms with Crippen molar-refractivity contribution < 1.29 is 4.42 Å². The molecule has 0 N–H and O–H groups in total. The Morgan fingerprint density at radius 2 is 1.13 bits per heavy atom. The highest BCUT2D eigenvalue weighted by Gasteiger charge is 2.44. The lowest BCUT2D eigenvalue weighted by Gasteiger charge is -2.41. The van der Waals surface area contributed by atoms with Crippen molar-refractivity contribution in [1.29, 1.82) is 0 Å². The summed E-state index contributed by atoms with van der Waals surface area (Å²) in [4.78, 5) is 2.49. The minimum Gasteiger partial charge on any atom is -0.456 e. The molecule has 0 saturated heterocycles. The Balaban J connectivity index is 1.26. The molecule has 4 heteroatoms. The topological polar surface area (TPSA) is 21.3 Å². The molecule has 0 fully saturated rings. The Morgan fingerprint density at radius 1 is 0.462 bits per heavy atom. The van der Waals surface area contributed by atoms with E-state index in [2.05, 4.69) is 185 Å². The Morgan fingerprint density at radius 3 is 1.96 bits per heavy atom. The Kier molecular flexibility index (Phi) is 5.58. The monoisotopic (exact) mass is 660 g/mol. The predicted molar refractivity (Wildman–Crippen MR) is 218 cm³/mol. The fraction of sp³-hybridized carbons (Fsp3) is 0. The Bertz CT molecular complexity index is 3090. The lowest BCUT2D eigenvalue weighted by molar-refractivity contribution is 0.669. The minimum absolute atomic E-state index is 0.0475. The largest absolute Gasteiger partial charge is 0.456 e. The van der Waals surface area contributed by atoms with Gasteiger partial charge in [-0.15, -0.1) is 0 Å². The van der Waals surface area contributed by atoms with E-state index in [0.717, 1.165) is 27.9 Å². The fourth-order valence-electron chi connectivity index (χ4n) is 9.22. The number of nitrogens with zero attached hydrogens (tertiary/aromatic N) is 2. The zero-order valence-electron chi connectivity index (χ0n) is 28.1. The van der Waals surface area contributed by atoms with Crippen LogP contribution in [0.1, 0.15) is 0 Å². The highest BCUT2D eigenvalue weighted by molar-refractivity contribution is 6.90. The van der Waals surface area contributed by atoms with E-state index in [-0.39, 0.29) is 6.85 Å². The van der Waals surface area contributed by atoms with Gasteiger partial charge in [0.25, 0.3) is 0 Å². The van der Waals surface area contributed by atoms with Crippen LogP contribution in [0.15, 0.2) is 180 Å². The van der Waals surface area contributed by atoms with Crippen LogP contribution in [0.2, 0.25) is 0 Å². The summed E-state index contributed by atoms with van der Waals surface area (Å²) >= 11 is 0. The molecule has 0 spiro atoms. The second-order valence-electron chi connectivity index (χ2n) is 14.0. The van der Waals surface area contributed by atoms with Crippen molar-refractivity contribution in [2.24, 2.45) is 0 Å². The Hall–Kier alpha value is -6.78. The van der Waals surface area contributed by atoms with Crippen molar-refractivity contribution in [3.8, 4) is 33.4 Å². The minimum atomic E-state index is -0.0475. The van der Waals surface area contributed by atoms with Crippen molar-refractivity contribution in [3.63, 3.8) is 0 Å². The Labute approximate surface area is 300 Å². The molecule has 0 saturated carbocycles. The molecule has 12 rings (SSSR count). The van der Waals surface area contributed by atoms with Crippen LogP contribution >= 0.6 is 0 Å². The number of furan rings is 1. The number of para-hydroxylation sites is 3. The summed E-state index contributed by atoms with van der Waals surface area (Å²) in [5.41, 5.74) is 17.7. The van der Waals surface area contributed by atoms with E-state index in [1.54, 1.807) is 0 Å². The van der Waals surface area contributed by atoms with Gasteiger partial charge in [-0.1, -0.05) is 140 Å². The highest BCUT2D eigenvalue weighted by atomic mass is 16.3. The van der Waals surface area contributed by atoms with Crippen molar-refractivity contribution in [2.45, 2.75) is 0 Å². The fourth-order valence-corrected chi connectivity index (χ4v) is 9.22. The van der Waals surface area contributed by atoms with Crippen LogP contribution in [-0.4, -0.2) is 11.3 Å². The van der Waals surface area contributed by atoms with Gasteiger partial charge in [-0.2, -0.15) is 0 Å². The number of hydrogen-bond acceptors (Lipinski definition) is 2. The van der Waals surface area contributed by atoms with E-state index in [9.17, 15) is 0 Å². The lowest BCUT2D eigenvalue weighted by atomic mass is 9.44. The summed E-state index contributed by atoms with van der Waals surface area (Å²) in [7, 11) is 0. The van der Waals surface area contributed by atoms with Crippen LogP contribution in [0.5, 0.6) is 0 Å². The summed E-state index contributed by atoms with van der Waals surface area (Å²) in [5.74, 6) is 0. The van der Waals surface area contributed by atoms with Crippen molar-refractivity contribution in [3.05, 3.63) is 176 Å². The van der Waals surface area contributed by atoms with Crippen LogP contribution in [0.3, 0.4) is 0 Å². The quantitative estimate of drug-likeness (QED) is 0.176. The third-order valence-corrected chi connectivity index (χ3v) is 11.3. The van der Waals surface area contributed by atoms with Crippen LogP contribution in [0.25, 0.3) is 77.1 Å². The van der Waals surface area contributed by atoms with E-state index in [0.29, 0.717) is 0 Å². The summed E-state index contributed by atoms with van der Waals surface area (Å²) in [6.45, 7) is -0.0475. The van der Waals surface area contributed by atoms with E-state index >= 15 is 0 Å². The summed E-state index contributed by atoms with van der Waals surface area (Å²) in [5, 5.41) is 4.90. The third kappa shape index (κ3) is 3.71. The third-order valence-electron chi connectivity index (χ3n) is 11.3. The van der Waals surface area contributed by atoms with Gasteiger partial charge < -0.3 is 13.8 Å². The molecule has 0 amide bonds. The maximum Gasteiger partial charge on any atom is 0.333 e. The number of benzene rings is 8. The second-order valence-corrected chi connectivity index (χ2v) is 14.0. The molecular formula is C48H29BN2O. The average molecular weight is 661 g/mol. The van der Waals surface area contributed by atoms with Crippen molar-refractivity contribution in [2.75, 3.05) is 4.90 Å². The summed E-state index contributed by atoms with van der Waals surface area (Å²) in [6.07, 6.45) is 0. The summed E-state index contributed by atoms with van der Waals surface area (Å²) < 4.78 is 9.41. The second kappa shape index (κ2) is 10.4. The van der Waals surface area contributed by atoms with Gasteiger partial charge in [-0.25, -0.2) is 0 Å². The van der Waals surface area contributed by atoms with E-state index in [1.165, 1.54) is 77.2 Å². The molecule has 52 heavy (non-hydrogen) atoms. The van der Waals surface area contributed by atoms with Crippen LogP contribution in [0, 0.1) is 0 Å². The number of hydrogen-bond donors (Lipinski definition) is 0. The van der Waals surface area contributed by atoms with Gasteiger partial charge in [-0.05, 0) is 69.1 Å². The van der Waals surface area contributed by atoms with Gasteiger partial charge >= 0.3 is 6.85 Å². The zero-order valence-corrected chi connectivity index (χ0v) is 28.1. The van der Waals surface area contributed by atoms with E-state index < -0.39 is 0 Å². The first kappa shape index (κ1) is 28.0. The summed E-state index contributed by atoms with van der Waals surface area (Å²) in [6, 6.07) is 64.1. The maximum atomic E-state index is 6.79. The molecule has 8 aromatic carbocycles. The SMILES string of the molecule is c1ccc(-c2cccc(N3c4cc(-c5ccccc5)ccc4B4c5c3cc3oc6ccccc6c3c5-c3cccc5c6ccccc6n4c35)c2)cc1. The average Bonchev–Trinajstić information content (AvgIpc) is 3.76. The smallest absolute Gasteiger partial charge is 0.333 e. The van der Waals surface area contributed by atoms with Gasteiger partial charge in [0, 0.05) is 61.3 Å². The zero-order chi connectivity index (χ0) is 33.9. The molecule has 4 heterocycles. The standard InChI is InChI=1S/C48H29BN2O/c1-3-13-30(14-4-1)32-17-11-18-34(27-32)50-41-28-33(31-15-5-2-6-16-31)25-26-39(41)49-47-42(50)29-44-45(37-20-8-10-24-43(37)52-44)46(47)38-22-12-21-36-35-19-7-9-23-40(35)51(49)48(36)38/h1-29H. The molecule has 0 unspecified atom stereocenters. The molecule has 3 nitrogen and oxygen atoms in total. The van der Waals surface area contributed by atoms with Gasteiger partial charge in [0.05, 0.1) is 0 Å². The normalized spacial score (nSPS) is 12.9. The number of rotatable bonds is 3. The van der Waals surface area contributed by atoms with E-state index in [4.69, 9.17) is 4.42 Å². The molecule has 2 aromatic heterocycles. The van der Waals surface area contributed by atoms with Gasteiger partial charge in [-0.3, -0.25) is 0 Å². The first-order valence-corrected chi connectivity index (χ1v) is 18.0. The van der Waals surface area contributed by atoms with Crippen molar-refractivity contribution >= 4 is 78.6 Å². The van der Waals surface area contributed by atoms with Gasteiger partial charge in [0.1, 0.15) is 11.2 Å². The molecule has 0 bridgehead atoms. The van der Waals surface area contributed by atoms with Gasteiger partial charge in [0.15, 0.2) is 0 Å². The molecule has 0 atom stereocenters. The molecule has 10 aromatic rings. The van der Waals surface area contributed by atoms with Gasteiger partial charge in [0.2, 0.25) is 0 Å². The molecule has 0 radical (unpaired) electrons. The van der Waals surface area contributed by atoms with Crippen LogP contribution in [0.4, 0.5) is 17.1 Å². The first-order chi connectivity index (χ1) is 25.8. The molecular weight excluding hydrogens is 631 g/mol. The highest BCUT2D eigenvalue weighted by Crippen LogP contribution is 2.50. The lowest BCUT2D eigenvalue weighted by Crippen LogP contribution is -2.56. The van der Waals surface area contributed by atoms with E-state index in [1.807, 2.05) is 0 Å². The number of fused-ring (bicyclic) bond motifs is 11. The predicted octanol–water partition coefficient (Wildman–Crippen LogP) is 11.4. The molecule has 0 aliphatic carbocycles.